The average molecular weight is 373 g/mol. The predicted octanol–water partition coefficient (Wildman–Crippen LogP) is 3.55. The van der Waals surface area contributed by atoms with Crippen LogP contribution in [0.5, 0.6) is 0 Å². The Bertz CT molecular complexity index is 1080. The van der Waals surface area contributed by atoms with E-state index in [-0.39, 0.29) is 23.8 Å². The summed E-state index contributed by atoms with van der Waals surface area (Å²) in [6.45, 7) is 3.81. The number of anilines is 3. The summed E-state index contributed by atoms with van der Waals surface area (Å²) in [5.41, 5.74) is 3.99. The van der Waals surface area contributed by atoms with E-state index >= 15 is 0 Å². The number of carbonyl (C=O) groups excluding carboxylic acids is 1. The lowest BCUT2D eigenvalue weighted by atomic mass is 9.99. The molecule has 1 aliphatic heterocycles. The van der Waals surface area contributed by atoms with Crippen LogP contribution in [0.15, 0.2) is 60.2 Å². The summed E-state index contributed by atoms with van der Waals surface area (Å²) in [7, 11) is 0. The third kappa shape index (κ3) is 3.18. The number of carbonyl (C=O) groups is 1. The van der Waals surface area contributed by atoms with Gasteiger partial charge in [-0.15, -0.1) is 5.10 Å². The summed E-state index contributed by atoms with van der Waals surface area (Å²) in [5.74, 6) is -0.395. The Labute approximate surface area is 162 Å². The van der Waals surface area contributed by atoms with E-state index in [1.165, 1.54) is 0 Å². The Morgan fingerprint density at radius 1 is 1.00 bits per heavy atom. The van der Waals surface area contributed by atoms with Crippen LogP contribution < -0.4 is 10.2 Å². The topological polar surface area (TPSA) is 91.2 Å². The number of para-hydroxylation sites is 2. The summed E-state index contributed by atoms with van der Waals surface area (Å²) in [5, 5.41) is 21.3. The highest BCUT2D eigenvalue weighted by Gasteiger charge is 2.29. The van der Waals surface area contributed by atoms with Crippen molar-refractivity contribution in [2.45, 2.75) is 13.8 Å². The maximum absolute atomic E-state index is 12.9. The third-order valence-corrected chi connectivity index (χ3v) is 4.71. The highest BCUT2D eigenvalue weighted by molar-refractivity contribution is 6.10. The molecule has 0 bridgehead atoms. The second-order valence-corrected chi connectivity index (χ2v) is 6.53. The van der Waals surface area contributed by atoms with Gasteiger partial charge in [-0.05, 0) is 38.1 Å². The molecule has 7 nitrogen and oxygen atoms in total. The highest BCUT2D eigenvalue weighted by atomic mass is 16.3. The number of hydrogen-bond donors (Lipinski definition) is 2. The van der Waals surface area contributed by atoms with Gasteiger partial charge < -0.3 is 10.0 Å². The van der Waals surface area contributed by atoms with E-state index in [0.717, 1.165) is 11.4 Å². The number of aliphatic hydroxyl groups is 1. The first-order chi connectivity index (χ1) is 13.5. The smallest absolute Gasteiger partial charge is 0.259 e. The average Bonchev–Trinajstić information content (AvgIpc) is 2.72. The van der Waals surface area contributed by atoms with Crippen molar-refractivity contribution in [2.24, 2.45) is 0 Å². The summed E-state index contributed by atoms with van der Waals surface area (Å²) in [6.07, 6.45) is 0. The molecule has 0 radical (unpaired) electrons. The molecule has 0 aliphatic carbocycles. The molecule has 0 saturated heterocycles. The fourth-order valence-corrected chi connectivity index (χ4v) is 3.09. The lowest BCUT2D eigenvalue weighted by molar-refractivity contribution is -0.112. The van der Waals surface area contributed by atoms with Gasteiger partial charge in [0.2, 0.25) is 5.95 Å². The molecular weight excluding hydrogens is 354 g/mol. The van der Waals surface area contributed by atoms with Gasteiger partial charge in [0.05, 0.1) is 29.2 Å². The van der Waals surface area contributed by atoms with Crippen molar-refractivity contribution in [1.29, 1.82) is 0 Å². The van der Waals surface area contributed by atoms with E-state index in [4.69, 9.17) is 0 Å². The molecule has 2 N–H and O–H groups in total. The zero-order valence-electron chi connectivity index (χ0n) is 15.5. The van der Waals surface area contributed by atoms with Gasteiger partial charge in [0.15, 0.2) is 0 Å². The van der Waals surface area contributed by atoms with Crippen molar-refractivity contribution in [3.63, 3.8) is 0 Å². The number of nitrogens with one attached hydrogen (secondary N) is 1. The maximum atomic E-state index is 12.9. The van der Waals surface area contributed by atoms with Crippen molar-refractivity contribution in [1.82, 2.24) is 15.2 Å². The van der Waals surface area contributed by atoms with E-state index in [0.29, 0.717) is 17.0 Å². The normalized spacial score (nSPS) is 13.3. The van der Waals surface area contributed by atoms with E-state index in [1.807, 2.05) is 53.4 Å². The van der Waals surface area contributed by atoms with E-state index < -0.39 is 5.91 Å². The van der Waals surface area contributed by atoms with Crippen LogP contribution in [0.2, 0.25) is 0 Å². The first kappa shape index (κ1) is 17.7. The van der Waals surface area contributed by atoms with Gasteiger partial charge in [-0.3, -0.25) is 10.1 Å². The summed E-state index contributed by atoms with van der Waals surface area (Å²) in [4.78, 5) is 19.1. The summed E-state index contributed by atoms with van der Waals surface area (Å²) >= 11 is 0. The highest BCUT2D eigenvalue weighted by Crippen LogP contribution is 2.37. The van der Waals surface area contributed by atoms with Crippen molar-refractivity contribution in [2.75, 3.05) is 16.8 Å². The molecule has 3 aromatic rings. The molecule has 0 atom stereocenters. The Balaban J connectivity index is 1.71. The monoisotopic (exact) mass is 373 g/mol. The molecule has 1 aliphatic rings. The molecule has 0 unspecified atom stereocenters. The molecule has 0 spiro atoms. The SMILES string of the molecule is Cc1nnc(NC(=O)C2=C(O)c3ccccc3N(c3ccccc3)C2)nc1C. The zero-order valence-corrected chi connectivity index (χ0v) is 15.5. The van der Waals surface area contributed by atoms with Gasteiger partial charge >= 0.3 is 0 Å². The standard InChI is InChI=1S/C21H19N5O2/c1-13-14(2)24-25-21(22-13)23-20(28)17-12-26(15-8-4-3-5-9-15)18-11-7-6-10-16(18)19(17)27/h3-11,27H,12H2,1-2H3,(H,22,23,25,28). The number of aliphatic hydroxyl groups excluding tert-OH is 1. The van der Waals surface area contributed by atoms with Gasteiger partial charge in [-0.2, -0.15) is 5.10 Å². The number of benzene rings is 2. The molecule has 2 aromatic carbocycles. The molecule has 0 saturated carbocycles. The number of rotatable bonds is 3. The van der Waals surface area contributed by atoms with Crippen LogP contribution in [0.3, 0.4) is 0 Å². The first-order valence-corrected chi connectivity index (χ1v) is 8.88. The van der Waals surface area contributed by atoms with Crippen LogP contribution in [0.4, 0.5) is 17.3 Å². The Morgan fingerprint density at radius 2 is 1.71 bits per heavy atom. The maximum Gasteiger partial charge on any atom is 0.259 e. The van der Waals surface area contributed by atoms with E-state index in [2.05, 4.69) is 20.5 Å². The molecule has 7 heteroatoms. The van der Waals surface area contributed by atoms with E-state index in [1.54, 1.807) is 19.9 Å². The van der Waals surface area contributed by atoms with Crippen LogP contribution in [0.1, 0.15) is 17.0 Å². The molecule has 2 heterocycles. The lowest BCUT2D eigenvalue weighted by Gasteiger charge is -2.32. The van der Waals surface area contributed by atoms with Gasteiger partial charge in [-0.1, -0.05) is 30.3 Å². The Kier molecular flexibility index (Phi) is 4.49. The van der Waals surface area contributed by atoms with Crippen LogP contribution in [-0.2, 0) is 4.79 Å². The molecule has 140 valence electrons. The van der Waals surface area contributed by atoms with E-state index in [9.17, 15) is 9.90 Å². The third-order valence-electron chi connectivity index (χ3n) is 4.71. The number of fused-ring (bicyclic) bond motifs is 1. The fraction of sp³-hybridized carbons (Fsp3) is 0.143. The van der Waals surface area contributed by atoms with Crippen molar-refractivity contribution >= 4 is 29.0 Å². The predicted molar refractivity (Wildman–Crippen MR) is 107 cm³/mol. The lowest BCUT2D eigenvalue weighted by Crippen LogP contribution is -2.31. The molecule has 1 amide bonds. The number of nitrogens with zero attached hydrogens (tertiary/aromatic N) is 4. The van der Waals surface area contributed by atoms with Crippen molar-refractivity contribution in [3.8, 4) is 0 Å². The molecular formula is C21H19N5O2. The zero-order chi connectivity index (χ0) is 19.7. The number of amides is 1. The number of aryl methyl sites for hydroxylation is 2. The fourth-order valence-electron chi connectivity index (χ4n) is 3.09. The van der Waals surface area contributed by atoms with Crippen molar-refractivity contribution < 1.29 is 9.90 Å². The van der Waals surface area contributed by atoms with Gasteiger partial charge in [-0.25, -0.2) is 4.98 Å². The molecule has 4 rings (SSSR count). The Hall–Kier alpha value is -3.74. The second kappa shape index (κ2) is 7.11. The first-order valence-electron chi connectivity index (χ1n) is 8.88. The summed E-state index contributed by atoms with van der Waals surface area (Å²) in [6, 6.07) is 17.2. The van der Waals surface area contributed by atoms with Gasteiger partial charge in [0.25, 0.3) is 5.91 Å². The second-order valence-electron chi connectivity index (χ2n) is 6.53. The van der Waals surface area contributed by atoms with Crippen LogP contribution in [0, 0.1) is 13.8 Å². The minimum atomic E-state index is -0.460. The summed E-state index contributed by atoms with van der Waals surface area (Å²) < 4.78 is 0. The number of aromatic nitrogens is 3. The molecule has 28 heavy (non-hydrogen) atoms. The van der Waals surface area contributed by atoms with Crippen molar-refractivity contribution in [3.05, 3.63) is 77.1 Å². The Morgan fingerprint density at radius 3 is 2.46 bits per heavy atom. The van der Waals surface area contributed by atoms with Crippen LogP contribution in [-0.4, -0.2) is 32.7 Å². The van der Waals surface area contributed by atoms with Crippen LogP contribution >= 0.6 is 0 Å². The van der Waals surface area contributed by atoms with Gasteiger partial charge in [0, 0.05) is 11.3 Å². The molecule has 0 fully saturated rings. The van der Waals surface area contributed by atoms with Gasteiger partial charge in [0.1, 0.15) is 5.76 Å². The minimum absolute atomic E-state index is 0.0444. The number of hydrogen-bond acceptors (Lipinski definition) is 6. The largest absolute Gasteiger partial charge is 0.507 e. The van der Waals surface area contributed by atoms with Crippen LogP contribution in [0.25, 0.3) is 5.76 Å². The molecule has 1 aromatic heterocycles. The minimum Gasteiger partial charge on any atom is -0.507 e. The quantitative estimate of drug-likeness (QED) is 0.730.